The number of methoxy groups -OCH3 is 2. The summed E-state index contributed by atoms with van der Waals surface area (Å²) >= 11 is 0. The first-order valence-electron chi connectivity index (χ1n) is 7.86. The molecule has 0 radical (unpaired) electrons. The summed E-state index contributed by atoms with van der Waals surface area (Å²) in [5.41, 5.74) is 0. The van der Waals surface area contributed by atoms with Crippen LogP contribution in [0.15, 0.2) is 0 Å². The molecule has 0 N–H and O–H groups in total. The van der Waals surface area contributed by atoms with Crippen molar-refractivity contribution in [3.63, 3.8) is 0 Å². The first-order valence-corrected chi connectivity index (χ1v) is 7.86. The van der Waals surface area contributed by atoms with Gasteiger partial charge in [0.05, 0.1) is 19.6 Å². The van der Waals surface area contributed by atoms with Gasteiger partial charge in [-0.15, -0.1) is 5.06 Å². The van der Waals surface area contributed by atoms with Crippen LogP contribution in [0.3, 0.4) is 0 Å². The Morgan fingerprint density at radius 3 is 1.92 bits per heavy atom. The quantitative estimate of drug-likeness (QED) is 0.268. The van der Waals surface area contributed by atoms with Gasteiger partial charge in [-0.05, 0) is 12.8 Å². The number of carbonyl (C=O) groups excluding carboxylic acids is 3. The minimum atomic E-state index is -0.820. The van der Waals surface area contributed by atoms with E-state index in [1.165, 1.54) is 0 Å². The van der Waals surface area contributed by atoms with Crippen LogP contribution in [-0.4, -0.2) is 69.8 Å². The largest absolute Gasteiger partial charge is 0.385 e. The fourth-order valence-corrected chi connectivity index (χ4v) is 1.94. The zero-order chi connectivity index (χ0) is 17.8. The highest BCUT2D eigenvalue weighted by Crippen LogP contribution is 2.14. The zero-order valence-corrected chi connectivity index (χ0v) is 14.2. The van der Waals surface area contributed by atoms with Crippen molar-refractivity contribution in [2.45, 2.75) is 38.4 Å². The summed E-state index contributed by atoms with van der Waals surface area (Å²) in [4.78, 5) is 39.6. The van der Waals surface area contributed by atoms with Crippen molar-refractivity contribution in [1.29, 1.82) is 0 Å². The van der Waals surface area contributed by atoms with Gasteiger partial charge in [0.25, 0.3) is 11.8 Å². The van der Waals surface area contributed by atoms with Gasteiger partial charge in [0.2, 0.25) is 0 Å². The Labute approximate surface area is 141 Å². The molecule has 24 heavy (non-hydrogen) atoms. The topological polar surface area (TPSA) is 101 Å². The van der Waals surface area contributed by atoms with Gasteiger partial charge in [-0.2, -0.15) is 0 Å². The fourth-order valence-electron chi connectivity index (χ4n) is 1.94. The Hall–Kier alpha value is -1.55. The summed E-state index contributed by atoms with van der Waals surface area (Å²) in [7, 11) is 3.17. The molecular weight excluding hydrogens is 322 g/mol. The highest BCUT2D eigenvalue weighted by atomic mass is 16.7. The van der Waals surface area contributed by atoms with E-state index in [0.717, 1.165) is 0 Å². The molecule has 1 fully saturated rings. The molecule has 1 aliphatic heterocycles. The van der Waals surface area contributed by atoms with Gasteiger partial charge in [0.1, 0.15) is 0 Å². The molecule has 0 atom stereocenters. The van der Waals surface area contributed by atoms with Crippen LogP contribution < -0.4 is 0 Å². The highest BCUT2D eigenvalue weighted by Gasteiger charge is 2.33. The average molecular weight is 347 g/mol. The van der Waals surface area contributed by atoms with Crippen LogP contribution in [0, 0.1) is 0 Å². The third-order valence-corrected chi connectivity index (χ3v) is 3.13. The van der Waals surface area contributed by atoms with E-state index in [2.05, 4.69) is 0 Å². The molecule has 9 nitrogen and oxygen atoms in total. The molecule has 9 heteroatoms. The highest BCUT2D eigenvalue weighted by molar-refractivity contribution is 6.01. The second-order valence-electron chi connectivity index (χ2n) is 5.11. The molecule has 0 aromatic rings. The van der Waals surface area contributed by atoms with Gasteiger partial charge in [-0.25, -0.2) is 4.79 Å². The second kappa shape index (κ2) is 11.9. The van der Waals surface area contributed by atoms with Gasteiger partial charge in [0.15, 0.2) is 6.29 Å². The number of hydroxylamine groups is 2. The fraction of sp³-hybridized carbons (Fsp3) is 0.800. The third kappa shape index (κ3) is 7.82. The molecule has 0 aromatic carbocycles. The van der Waals surface area contributed by atoms with Crippen molar-refractivity contribution in [3.05, 3.63) is 0 Å². The summed E-state index contributed by atoms with van der Waals surface area (Å²) in [6.07, 6.45) is 0.350. The Morgan fingerprint density at radius 2 is 1.46 bits per heavy atom. The molecule has 0 saturated carbocycles. The summed E-state index contributed by atoms with van der Waals surface area (Å²) in [6.45, 7) is 1.74. The lowest BCUT2D eigenvalue weighted by Gasteiger charge is -2.19. The summed E-state index contributed by atoms with van der Waals surface area (Å²) in [5.74, 6) is -1.80. The van der Waals surface area contributed by atoms with Gasteiger partial charge >= 0.3 is 5.97 Å². The number of ether oxygens (including phenoxy) is 4. The van der Waals surface area contributed by atoms with Crippen molar-refractivity contribution in [3.8, 4) is 0 Å². The number of rotatable bonds is 13. The van der Waals surface area contributed by atoms with Crippen molar-refractivity contribution in [2.24, 2.45) is 0 Å². The smallest absolute Gasteiger partial charge is 0.338 e. The van der Waals surface area contributed by atoms with Crippen molar-refractivity contribution in [1.82, 2.24) is 5.06 Å². The molecule has 0 aromatic heterocycles. The molecule has 2 amide bonds. The number of amides is 2. The minimum absolute atomic E-state index is 0.0522. The number of hydrogen-bond donors (Lipinski definition) is 0. The van der Waals surface area contributed by atoms with Crippen molar-refractivity contribution < 1.29 is 38.2 Å². The lowest BCUT2D eigenvalue weighted by molar-refractivity contribution is -0.207. The molecular formula is C15H25NO8. The van der Waals surface area contributed by atoms with E-state index < -0.39 is 24.1 Å². The molecule has 138 valence electrons. The maximum Gasteiger partial charge on any atom is 0.338 e. The zero-order valence-electron chi connectivity index (χ0n) is 14.2. The monoisotopic (exact) mass is 347 g/mol. The van der Waals surface area contributed by atoms with E-state index >= 15 is 0 Å². The van der Waals surface area contributed by atoms with Crippen LogP contribution in [0.1, 0.15) is 32.1 Å². The van der Waals surface area contributed by atoms with Crippen LogP contribution in [0.25, 0.3) is 0 Å². The molecule has 0 unspecified atom stereocenters. The summed E-state index contributed by atoms with van der Waals surface area (Å²) in [5, 5.41) is 0.509. The molecule has 1 heterocycles. The van der Waals surface area contributed by atoms with Crippen molar-refractivity contribution >= 4 is 17.8 Å². The van der Waals surface area contributed by atoms with Gasteiger partial charge < -0.3 is 23.8 Å². The lowest BCUT2D eigenvalue weighted by Crippen LogP contribution is -2.34. The Bertz CT molecular complexity index is 386. The first-order chi connectivity index (χ1) is 11.6. The Morgan fingerprint density at radius 1 is 0.958 bits per heavy atom. The second-order valence-corrected chi connectivity index (χ2v) is 5.11. The van der Waals surface area contributed by atoms with Crippen LogP contribution in [0.4, 0.5) is 0 Å². The van der Waals surface area contributed by atoms with Crippen molar-refractivity contribution in [2.75, 3.05) is 40.6 Å². The lowest BCUT2D eigenvalue weighted by atomic mass is 10.4. The van der Waals surface area contributed by atoms with E-state index in [-0.39, 0.29) is 19.3 Å². The van der Waals surface area contributed by atoms with E-state index in [1.54, 1.807) is 14.2 Å². The van der Waals surface area contributed by atoms with E-state index in [0.29, 0.717) is 44.3 Å². The van der Waals surface area contributed by atoms with E-state index in [1.807, 2.05) is 0 Å². The molecule has 1 aliphatic rings. The number of carbonyl (C=O) groups is 3. The van der Waals surface area contributed by atoms with Gasteiger partial charge in [-0.3, -0.25) is 9.59 Å². The van der Waals surface area contributed by atoms with Crippen LogP contribution in [0.2, 0.25) is 0 Å². The van der Waals surface area contributed by atoms with Gasteiger partial charge in [0, 0.05) is 40.3 Å². The molecule has 0 aliphatic carbocycles. The summed E-state index contributed by atoms with van der Waals surface area (Å²) in [6, 6.07) is 0. The minimum Gasteiger partial charge on any atom is -0.385 e. The molecule has 0 spiro atoms. The summed E-state index contributed by atoms with van der Waals surface area (Å²) < 4.78 is 20.8. The standard InChI is InChI=1S/C15H25NO8/c1-20-7-3-9-22-15(23-10-4-8-21-2)11-14(19)24-16-12(17)5-6-13(16)18/h15H,3-11H2,1-2H3. The van der Waals surface area contributed by atoms with Crippen LogP contribution in [-0.2, 0) is 38.2 Å². The predicted molar refractivity (Wildman–Crippen MR) is 80.5 cm³/mol. The van der Waals surface area contributed by atoms with E-state index in [4.69, 9.17) is 23.8 Å². The SMILES string of the molecule is COCCCOC(CC(=O)ON1C(=O)CCC1=O)OCCCOC. The van der Waals surface area contributed by atoms with Crippen LogP contribution in [0.5, 0.6) is 0 Å². The average Bonchev–Trinajstić information content (AvgIpc) is 2.87. The van der Waals surface area contributed by atoms with Crippen LogP contribution >= 0.6 is 0 Å². The molecule has 1 rings (SSSR count). The molecule has 1 saturated heterocycles. The Kier molecular flexibility index (Phi) is 10.2. The predicted octanol–water partition coefficient (Wildman–Crippen LogP) is 0.416. The number of nitrogens with zero attached hydrogens (tertiary/aromatic N) is 1. The first kappa shape index (κ1) is 20.5. The van der Waals surface area contributed by atoms with E-state index in [9.17, 15) is 14.4 Å². The molecule has 0 bridgehead atoms. The third-order valence-electron chi connectivity index (χ3n) is 3.13. The number of hydrogen-bond acceptors (Lipinski definition) is 8. The number of imide groups is 1. The maximum atomic E-state index is 11.9. The van der Waals surface area contributed by atoms with Gasteiger partial charge in [-0.1, -0.05) is 0 Å². The normalized spacial score (nSPS) is 14.7. The maximum absolute atomic E-state index is 11.9. The Balaban J connectivity index is 2.40.